The molecule has 1 aromatic heterocycles. The molecule has 1 aliphatic heterocycles. The Hall–Kier alpha value is -2.30. The highest BCUT2D eigenvalue weighted by Gasteiger charge is 2.27. The van der Waals surface area contributed by atoms with Crippen molar-refractivity contribution in [3.05, 3.63) is 42.2 Å². The number of benzene rings is 1. The summed E-state index contributed by atoms with van der Waals surface area (Å²) in [5.41, 5.74) is 3.13. The van der Waals surface area contributed by atoms with Gasteiger partial charge in [0.2, 0.25) is 5.91 Å². The van der Waals surface area contributed by atoms with Gasteiger partial charge in [-0.05, 0) is 24.6 Å². The Morgan fingerprint density at radius 1 is 1.31 bits per heavy atom. The van der Waals surface area contributed by atoms with Crippen molar-refractivity contribution in [3.8, 4) is 0 Å². The summed E-state index contributed by atoms with van der Waals surface area (Å²) >= 11 is 0. The standard InChI is InChI=1S/C20H29N7O.HI/c1-5-21-20(22-12-16-7-6-8-17(11-16)24(2)3)26-9-10-27(19(28)15-26)18-13-23-25(4)14-18;/h6-8,11,13-14H,5,9-10,12,15H2,1-4H3,(H,21,22);1H. The molecule has 0 spiro atoms. The van der Waals surface area contributed by atoms with Crippen LogP contribution in [-0.2, 0) is 18.4 Å². The molecule has 8 nitrogen and oxygen atoms in total. The number of amides is 1. The molecule has 1 fully saturated rings. The van der Waals surface area contributed by atoms with Crippen molar-refractivity contribution in [3.63, 3.8) is 0 Å². The first-order chi connectivity index (χ1) is 13.5. The minimum atomic E-state index is 0. The van der Waals surface area contributed by atoms with Gasteiger partial charge in [-0.3, -0.25) is 9.48 Å². The summed E-state index contributed by atoms with van der Waals surface area (Å²) in [6.07, 6.45) is 3.59. The number of carbonyl (C=O) groups is 1. The number of aromatic nitrogens is 2. The van der Waals surface area contributed by atoms with Crippen molar-refractivity contribution >= 4 is 47.2 Å². The van der Waals surface area contributed by atoms with E-state index < -0.39 is 0 Å². The van der Waals surface area contributed by atoms with E-state index >= 15 is 0 Å². The maximum absolute atomic E-state index is 12.7. The van der Waals surface area contributed by atoms with Crippen molar-refractivity contribution in [1.82, 2.24) is 20.0 Å². The number of guanidine groups is 1. The first-order valence-corrected chi connectivity index (χ1v) is 9.56. The van der Waals surface area contributed by atoms with Crippen molar-refractivity contribution in [2.45, 2.75) is 13.5 Å². The van der Waals surface area contributed by atoms with Gasteiger partial charge in [0.25, 0.3) is 0 Å². The van der Waals surface area contributed by atoms with Crippen LogP contribution in [0.2, 0.25) is 0 Å². The summed E-state index contributed by atoms with van der Waals surface area (Å²) in [6, 6.07) is 8.34. The van der Waals surface area contributed by atoms with E-state index in [9.17, 15) is 4.79 Å². The Morgan fingerprint density at radius 2 is 2.10 bits per heavy atom. The molecule has 0 aliphatic carbocycles. The van der Waals surface area contributed by atoms with Crippen LogP contribution in [0.4, 0.5) is 11.4 Å². The maximum Gasteiger partial charge on any atom is 0.246 e. The minimum Gasteiger partial charge on any atom is -0.378 e. The SMILES string of the molecule is CCNC(=NCc1cccc(N(C)C)c1)N1CCN(c2cnn(C)c2)C(=O)C1.I. The molecular formula is C20H30IN7O. The second kappa shape index (κ2) is 10.5. The van der Waals surface area contributed by atoms with E-state index in [1.54, 1.807) is 15.8 Å². The lowest BCUT2D eigenvalue weighted by Gasteiger charge is -2.35. The lowest BCUT2D eigenvalue weighted by atomic mass is 10.2. The van der Waals surface area contributed by atoms with Gasteiger partial charge in [0.1, 0.15) is 6.54 Å². The number of nitrogens with zero attached hydrogens (tertiary/aromatic N) is 6. The number of rotatable bonds is 5. The van der Waals surface area contributed by atoms with E-state index in [4.69, 9.17) is 4.99 Å². The average Bonchev–Trinajstić information content (AvgIpc) is 3.11. The minimum absolute atomic E-state index is 0. The second-order valence-electron chi connectivity index (χ2n) is 7.07. The Morgan fingerprint density at radius 3 is 2.72 bits per heavy atom. The molecule has 1 aliphatic rings. The molecule has 0 radical (unpaired) electrons. The van der Waals surface area contributed by atoms with Crippen LogP contribution in [-0.4, -0.2) is 66.8 Å². The average molecular weight is 511 g/mol. The third kappa shape index (κ3) is 5.84. The van der Waals surface area contributed by atoms with E-state index in [1.807, 2.05) is 45.2 Å². The predicted molar refractivity (Wildman–Crippen MR) is 128 cm³/mol. The van der Waals surface area contributed by atoms with E-state index in [2.05, 4.69) is 33.5 Å². The summed E-state index contributed by atoms with van der Waals surface area (Å²) in [5.74, 6) is 0.830. The van der Waals surface area contributed by atoms with Crippen LogP contribution in [0, 0.1) is 0 Å². The Bertz CT molecular complexity index is 849. The van der Waals surface area contributed by atoms with Crippen LogP contribution < -0.4 is 15.1 Å². The monoisotopic (exact) mass is 511 g/mol. The van der Waals surface area contributed by atoms with Crippen molar-refractivity contribution in [1.29, 1.82) is 0 Å². The molecule has 2 aromatic rings. The molecule has 9 heteroatoms. The zero-order valence-electron chi connectivity index (χ0n) is 17.5. The molecule has 0 atom stereocenters. The van der Waals surface area contributed by atoms with Crippen LogP contribution in [0.3, 0.4) is 0 Å². The largest absolute Gasteiger partial charge is 0.378 e. The lowest BCUT2D eigenvalue weighted by molar-refractivity contribution is -0.120. The van der Waals surface area contributed by atoms with Crippen LogP contribution in [0.25, 0.3) is 0 Å². The van der Waals surface area contributed by atoms with E-state index in [0.29, 0.717) is 19.6 Å². The normalized spacial score (nSPS) is 14.6. The number of piperazine rings is 1. The number of nitrogens with one attached hydrogen (secondary N) is 1. The molecule has 1 amide bonds. The van der Waals surface area contributed by atoms with Gasteiger partial charge in [0.05, 0.1) is 18.4 Å². The highest BCUT2D eigenvalue weighted by Crippen LogP contribution is 2.17. The number of aryl methyl sites for hydroxylation is 1. The van der Waals surface area contributed by atoms with Crippen molar-refractivity contribution < 1.29 is 4.79 Å². The summed E-state index contributed by atoms with van der Waals surface area (Å²) in [6.45, 7) is 5.01. The Labute approximate surface area is 189 Å². The predicted octanol–water partition coefficient (Wildman–Crippen LogP) is 1.92. The van der Waals surface area contributed by atoms with Gasteiger partial charge in [0.15, 0.2) is 5.96 Å². The van der Waals surface area contributed by atoms with Gasteiger partial charge >= 0.3 is 0 Å². The zero-order valence-corrected chi connectivity index (χ0v) is 19.8. The number of anilines is 2. The number of aliphatic imine (C=N–C) groups is 1. The molecule has 0 unspecified atom stereocenters. The van der Waals surface area contributed by atoms with Crippen LogP contribution in [0.5, 0.6) is 0 Å². The fourth-order valence-corrected chi connectivity index (χ4v) is 3.20. The maximum atomic E-state index is 12.7. The third-order valence-electron chi connectivity index (χ3n) is 4.70. The molecule has 1 saturated heterocycles. The summed E-state index contributed by atoms with van der Waals surface area (Å²) in [4.78, 5) is 23.3. The van der Waals surface area contributed by atoms with E-state index in [0.717, 1.165) is 36.0 Å². The highest BCUT2D eigenvalue weighted by atomic mass is 127. The first kappa shape index (κ1) is 23.0. The zero-order chi connectivity index (χ0) is 20.1. The third-order valence-corrected chi connectivity index (χ3v) is 4.70. The summed E-state index contributed by atoms with van der Waals surface area (Å²) in [7, 11) is 5.91. The summed E-state index contributed by atoms with van der Waals surface area (Å²) in [5, 5.41) is 7.48. The van der Waals surface area contributed by atoms with Crippen LogP contribution >= 0.6 is 24.0 Å². The molecule has 158 valence electrons. The molecule has 0 bridgehead atoms. The fraction of sp³-hybridized carbons (Fsp3) is 0.450. The van der Waals surface area contributed by atoms with Crippen LogP contribution in [0.15, 0.2) is 41.7 Å². The van der Waals surface area contributed by atoms with Crippen molar-refractivity contribution in [2.24, 2.45) is 12.0 Å². The first-order valence-electron chi connectivity index (χ1n) is 9.56. The molecule has 2 heterocycles. The molecule has 0 saturated carbocycles. The summed E-state index contributed by atoms with van der Waals surface area (Å²) < 4.78 is 1.71. The number of hydrogen-bond acceptors (Lipinski definition) is 4. The van der Waals surface area contributed by atoms with Gasteiger partial charge < -0.3 is 20.0 Å². The molecule has 29 heavy (non-hydrogen) atoms. The van der Waals surface area contributed by atoms with E-state index in [-0.39, 0.29) is 29.9 Å². The second-order valence-corrected chi connectivity index (χ2v) is 7.07. The highest BCUT2D eigenvalue weighted by molar-refractivity contribution is 14.0. The molecular weight excluding hydrogens is 481 g/mol. The Balaban J connectivity index is 0.00000300. The van der Waals surface area contributed by atoms with Crippen LogP contribution in [0.1, 0.15) is 12.5 Å². The van der Waals surface area contributed by atoms with Gasteiger partial charge in [-0.15, -0.1) is 24.0 Å². The fourth-order valence-electron chi connectivity index (χ4n) is 3.20. The number of hydrogen-bond donors (Lipinski definition) is 1. The van der Waals surface area contributed by atoms with Gasteiger partial charge in [-0.2, -0.15) is 5.10 Å². The molecule has 1 N–H and O–H groups in total. The van der Waals surface area contributed by atoms with Crippen molar-refractivity contribution in [2.75, 3.05) is 50.1 Å². The smallest absolute Gasteiger partial charge is 0.246 e. The number of carbonyl (C=O) groups excluding carboxylic acids is 1. The Kier molecular flexibility index (Phi) is 8.30. The lowest BCUT2D eigenvalue weighted by Crippen LogP contribution is -2.55. The number of halogens is 1. The topological polar surface area (TPSA) is 69.0 Å². The molecule has 1 aromatic carbocycles. The quantitative estimate of drug-likeness (QED) is 0.378. The van der Waals surface area contributed by atoms with Gasteiger partial charge in [-0.25, -0.2) is 4.99 Å². The molecule has 3 rings (SSSR count). The van der Waals surface area contributed by atoms with Gasteiger partial charge in [-0.1, -0.05) is 12.1 Å². The van der Waals surface area contributed by atoms with Gasteiger partial charge in [0, 0.05) is 52.7 Å². The van der Waals surface area contributed by atoms with E-state index in [1.165, 1.54) is 0 Å².